The van der Waals surface area contributed by atoms with Gasteiger partial charge in [-0.2, -0.15) is 0 Å². The lowest BCUT2D eigenvalue weighted by Crippen LogP contribution is -2.51. The minimum atomic E-state index is 0.358. The number of piperazine rings is 1. The van der Waals surface area contributed by atoms with Crippen LogP contribution in [-0.2, 0) is 4.79 Å². The molecule has 0 aromatic carbocycles. The van der Waals surface area contributed by atoms with Crippen LogP contribution >= 0.6 is 0 Å². The summed E-state index contributed by atoms with van der Waals surface area (Å²) in [6, 6.07) is 0.455. The van der Waals surface area contributed by atoms with Crippen LogP contribution in [0.4, 0.5) is 0 Å². The lowest BCUT2D eigenvalue weighted by molar-refractivity contribution is -0.132. The fraction of sp³-hybridized carbons (Fsp3) is 0.933. The van der Waals surface area contributed by atoms with Gasteiger partial charge in [0.05, 0.1) is 0 Å². The predicted molar refractivity (Wildman–Crippen MR) is 76.7 cm³/mol. The number of carbonyl (C=O) groups excluding carboxylic acids is 1. The molecule has 106 valence electrons. The Hall–Kier alpha value is -0.570. The van der Waals surface area contributed by atoms with Crippen molar-refractivity contribution in [2.45, 2.75) is 71.3 Å². The van der Waals surface area contributed by atoms with E-state index in [1.54, 1.807) is 0 Å². The van der Waals surface area contributed by atoms with Crippen LogP contribution in [0.15, 0.2) is 0 Å². The molecule has 0 aromatic heterocycles. The largest absolute Gasteiger partial charge is 0.340 e. The molecule has 1 rings (SSSR count). The third-order valence-corrected chi connectivity index (χ3v) is 3.72. The molecule has 1 aliphatic heterocycles. The third kappa shape index (κ3) is 6.39. The molecule has 0 aromatic rings. The zero-order valence-corrected chi connectivity index (χ0v) is 12.2. The zero-order valence-electron chi connectivity index (χ0n) is 12.2. The van der Waals surface area contributed by atoms with Gasteiger partial charge in [0, 0.05) is 32.1 Å². The SMILES string of the molecule is CCCCCCCCCC(=O)N1CCN[C@H](C)C1. The number of hydrogen-bond donors (Lipinski definition) is 1. The van der Waals surface area contributed by atoms with Gasteiger partial charge in [0.1, 0.15) is 0 Å². The summed E-state index contributed by atoms with van der Waals surface area (Å²) in [6.07, 6.45) is 9.70. The summed E-state index contributed by atoms with van der Waals surface area (Å²) >= 11 is 0. The van der Waals surface area contributed by atoms with Crippen LogP contribution in [-0.4, -0.2) is 36.5 Å². The molecule has 1 amide bonds. The van der Waals surface area contributed by atoms with Crippen molar-refractivity contribution in [1.82, 2.24) is 10.2 Å². The molecular formula is C15H30N2O. The lowest BCUT2D eigenvalue weighted by Gasteiger charge is -2.32. The van der Waals surface area contributed by atoms with Gasteiger partial charge in [-0.25, -0.2) is 0 Å². The monoisotopic (exact) mass is 254 g/mol. The summed E-state index contributed by atoms with van der Waals surface area (Å²) < 4.78 is 0. The molecule has 0 saturated carbocycles. The fourth-order valence-electron chi connectivity index (χ4n) is 2.55. The van der Waals surface area contributed by atoms with Crippen molar-refractivity contribution in [3.63, 3.8) is 0 Å². The van der Waals surface area contributed by atoms with E-state index in [1.807, 2.05) is 4.90 Å². The van der Waals surface area contributed by atoms with Crippen LogP contribution in [0.5, 0.6) is 0 Å². The maximum Gasteiger partial charge on any atom is 0.222 e. The van der Waals surface area contributed by atoms with Gasteiger partial charge in [-0.15, -0.1) is 0 Å². The van der Waals surface area contributed by atoms with Crippen LogP contribution in [0.1, 0.15) is 65.2 Å². The number of rotatable bonds is 8. The van der Waals surface area contributed by atoms with Gasteiger partial charge in [0.15, 0.2) is 0 Å². The molecule has 0 radical (unpaired) electrons. The van der Waals surface area contributed by atoms with Crippen molar-refractivity contribution in [1.29, 1.82) is 0 Å². The second kappa shape index (κ2) is 9.37. The highest BCUT2D eigenvalue weighted by atomic mass is 16.2. The summed E-state index contributed by atoms with van der Waals surface area (Å²) in [6.45, 7) is 7.11. The van der Waals surface area contributed by atoms with E-state index >= 15 is 0 Å². The van der Waals surface area contributed by atoms with Crippen molar-refractivity contribution < 1.29 is 4.79 Å². The second-order valence-corrected chi connectivity index (χ2v) is 5.57. The Morgan fingerprint density at radius 3 is 2.50 bits per heavy atom. The molecule has 18 heavy (non-hydrogen) atoms. The van der Waals surface area contributed by atoms with Gasteiger partial charge in [-0.3, -0.25) is 4.79 Å². The zero-order chi connectivity index (χ0) is 13.2. The van der Waals surface area contributed by atoms with E-state index in [0.717, 1.165) is 32.5 Å². The van der Waals surface area contributed by atoms with Crippen LogP contribution in [0.3, 0.4) is 0 Å². The van der Waals surface area contributed by atoms with Gasteiger partial charge >= 0.3 is 0 Å². The summed E-state index contributed by atoms with van der Waals surface area (Å²) in [5.41, 5.74) is 0. The molecule has 1 heterocycles. The van der Waals surface area contributed by atoms with E-state index in [4.69, 9.17) is 0 Å². The van der Waals surface area contributed by atoms with Crippen molar-refractivity contribution in [2.24, 2.45) is 0 Å². The first-order valence-corrected chi connectivity index (χ1v) is 7.75. The molecule has 1 atom stereocenters. The number of amides is 1. The average molecular weight is 254 g/mol. The van der Waals surface area contributed by atoms with E-state index in [1.165, 1.54) is 38.5 Å². The fourth-order valence-corrected chi connectivity index (χ4v) is 2.55. The van der Waals surface area contributed by atoms with Gasteiger partial charge in [0.2, 0.25) is 5.91 Å². The summed E-state index contributed by atoms with van der Waals surface area (Å²) in [4.78, 5) is 14.0. The van der Waals surface area contributed by atoms with Crippen molar-refractivity contribution in [3.8, 4) is 0 Å². The Morgan fingerprint density at radius 1 is 1.17 bits per heavy atom. The lowest BCUT2D eigenvalue weighted by atomic mass is 10.1. The number of carbonyl (C=O) groups is 1. The maximum atomic E-state index is 12.0. The minimum absolute atomic E-state index is 0.358. The Morgan fingerprint density at radius 2 is 1.83 bits per heavy atom. The van der Waals surface area contributed by atoms with Crippen molar-refractivity contribution in [3.05, 3.63) is 0 Å². The van der Waals surface area contributed by atoms with Crippen molar-refractivity contribution in [2.75, 3.05) is 19.6 Å². The van der Waals surface area contributed by atoms with Crippen LogP contribution in [0, 0.1) is 0 Å². The Balaban J connectivity index is 1.99. The molecule has 1 saturated heterocycles. The number of nitrogens with zero attached hydrogens (tertiary/aromatic N) is 1. The van der Waals surface area contributed by atoms with E-state index in [9.17, 15) is 4.79 Å². The van der Waals surface area contributed by atoms with E-state index < -0.39 is 0 Å². The van der Waals surface area contributed by atoms with Crippen molar-refractivity contribution >= 4 is 5.91 Å². The van der Waals surface area contributed by atoms with Gasteiger partial charge < -0.3 is 10.2 Å². The quantitative estimate of drug-likeness (QED) is 0.675. The van der Waals surface area contributed by atoms with E-state index in [0.29, 0.717) is 11.9 Å². The topological polar surface area (TPSA) is 32.3 Å². The van der Waals surface area contributed by atoms with Gasteiger partial charge in [-0.1, -0.05) is 45.4 Å². The van der Waals surface area contributed by atoms with Crippen LogP contribution in [0.25, 0.3) is 0 Å². The number of unbranched alkanes of at least 4 members (excludes halogenated alkanes) is 6. The molecule has 3 heteroatoms. The number of hydrogen-bond acceptors (Lipinski definition) is 2. The van der Waals surface area contributed by atoms with Crippen LogP contribution < -0.4 is 5.32 Å². The molecular weight excluding hydrogens is 224 g/mol. The standard InChI is InChI=1S/C15H30N2O/c1-3-4-5-6-7-8-9-10-15(18)17-12-11-16-14(2)13-17/h14,16H,3-13H2,1-2H3/t14-/m1/s1. The normalized spacial score (nSPS) is 20.1. The second-order valence-electron chi connectivity index (χ2n) is 5.57. The Kier molecular flexibility index (Phi) is 8.06. The first-order chi connectivity index (χ1) is 8.74. The Bertz CT molecular complexity index is 231. The Labute approximate surface area is 112 Å². The van der Waals surface area contributed by atoms with Gasteiger partial charge in [-0.05, 0) is 13.3 Å². The summed E-state index contributed by atoms with van der Waals surface area (Å²) in [5, 5.41) is 3.37. The highest BCUT2D eigenvalue weighted by molar-refractivity contribution is 5.76. The molecule has 3 nitrogen and oxygen atoms in total. The molecule has 0 spiro atoms. The third-order valence-electron chi connectivity index (χ3n) is 3.72. The minimum Gasteiger partial charge on any atom is -0.340 e. The molecule has 1 fully saturated rings. The predicted octanol–water partition coefficient (Wildman–Crippen LogP) is 2.95. The number of nitrogens with one attached hydrogen (secondary N) is 1. The average Bonchev–Trinajstić information content (AvgIpc) is 2.37. The maximum absolute atomic E-state index is 12.0. The molecule has 0 aliphatic carbocycles. The molecule has 1 N–H and O–H groups in total. The summed E-state index contributed by atoms with van der Waals surface area (Å²) in [7, 11) is 0. The van der Waals surface area contributed by atoms with E-state index in [2.05, 4.69) is 19.2 Å². The van der Waals surface area contributed by atoms with E-state index in [-0.39, 0.29) is 0 Å². The summed E-state index contributed by atoms with van der Waals surface area (Å²) in [5.74, 6) is 0.358. The first-order valence-electron chi connectivity index (χ1n) is 7.75. The highest BCUT2D eigenvalue weighted by Crippen LogP contribution is 2.10. The highest BCUT2D eigenvalue weighted by Gasteiger charge is 2.19. The molecule has 0 unspecified atom stereocenters. The van der Waals surface area contributed by atoms with Crippen LogP contribution in [0.2, 0.25) is 0 Å². The smallest absolute Gasteiger partial charge is 0.222 e. The van der Waals surface area contributed by atoms with Gasteiger partial charge in [0.25, 0.3) is 0 Å². The first kappa shape index (κ1) is 15.5. The molecule has 0 bridgehead atoms. The molecule has 1 aliphatic rings.